The molecule has 2 heterocycles. The lowest BCUT2D eigenvalue weighted by atomic mass is 9.62. The summed E-state index contributed by atoms with van der Waals surface area (Å²) in [6.45, 7) is 9.48. The number of rotatable bonds is 6. The summed E-state index contributed by atoms with van der Waals surface area (Å²) >= 11 is 0. The van der Waals surface area contributed by atoms with Gasteiger partial charge in [-0.1, -0.05) is 55.8 Å². The monoisotopic (exact) mass is 312 g/mol. The standard InChI is InChI=1S/C22H32O/c1-17(9-8-12-18-10-6-5-7-11-18)13-14-19-21(2,3)20-15-16-22(19,4)23-20/h5-7,9-11,19-20H,8,12-16H2,1-4H3/b17-9+/t19-,20-,22+/m1/s1. The molecule has 2 bridgehead atoms. The van der Waals surface area contributed by atoms with Crippen molar-refractivity contribution in [3.05, 3.63) is 47.5 Å². The van der Waals surface area contributed by atoms with Crippen LogP contribution in [0.3, 0.4) is 0 Å². The molecule has 2 saturated heterocycles. The van der Waals surface area contributed by atoms with Gasteiger partial charge in [0.05, 0.1) is 11.7 Å². The van der Waals surface area contributed by atoms with Gasteiger partial charge in [0.15, 0.2) is 0 Å². The van der Waals surface area contributed by atoms with E-state index in [1.807, 2.05) is 0 Å². The van der Waals surface area contributed by atoms with Crippen molar-refractivity contribution in [3.63, 3.8) is 0 Å². The Morgan fingerprint density at radius 2 is 1.96 bits per heavy atom. The maximum atomic E-state index is 6.34. The molecule has 0 spiro atoms. The maximum absolute atomic E-state index is 6.34. The molecule has 0 radical (unpaired) electrons. The lowest BCUT2D eigenvalue weighted by Crippen LogP contribution is -2.40. The van der Waals surface area contributed by atoms with Gasteiger partial charge in [-0.3, -0.25) is 0 Å². The van der Waals surface area contributed by atoms with Gasteiger partial charge in [0.1, 0.15) is 0 Å². The summed E-state index contributed by atoms with van der Waals surface area (Å²) in [7, 11) is 0. The fraction of sp³-hybridized carbons (Fsp3) is 0.636. The fourth-order valence-electron chi connectivity index (χ4n) is 4.93. The van der Waals surface area contributed by atoms with E-state index in [4.69, 9.17) is 4.74 Å². The molecule has 2 aliphatic heterocycles. The first kappa shape index (κ1) is 16.8. The molecule has 1 aromatic carbocycles. The normalized spacial score (nSPS) is 32.4. The number of hydrogen-bond donors (Lipinski definition) is 0. The van der Waals surface area contributed by atoms with Gasteiger partial charge in [0.25, 0.3) is 0 Å². The minimum absolute atomic E-state index is 0.137. The second kappa shape index (κ2) is 6.43. The summed E-state index contributed by atoms with van der Waals surface area (Å²) in [6.07, 6.45) is 10.2. The van der Waals surface area contributed by atoms with Crippen molar-refractivity contribution >= 4 is 0 Å². The summed E-state index contributed by atoms with van der Waals surface area (Å²) in [6, 6.07) is 10.8. The van der Waals surface area contributed by atoms with Crippen molar-refractivity contribution in [3.8, 4) is 0 Å². The lowest BCUT2D eigenvalue weighted by Gasteiger charge is -2.39. The molecule has 0 saturated carbocycles. The van der Waals surface area contributed by atoms with Crippen LogP contribution in [0.4, 0.5) is 0 Å². The van der Waals surface area contributed by atoms with Crippen LogP contribution in [-0.4, -0.2) is 11.7 Å². The first-order valence-corrected chi connectivity index (χ1v) is 9.29. The zero-order valence-corrected chi connectivity index (χ0v) is 15.3. The topological polar surface area (TPSA) is 9.23 Å². The van der Waals surface area contributed by atoms with E-state index in [9.17, 15) is 0 Å². The summed E-state index contributed by atoms with van der Waals surface area (Å²) < 4.78 is 6.34. The molecule has 2 fully saturated rings. The number of allylic oxidation sites excluding steroid dienone is 2. The first-order chi connectivity index (χ1) is 10.9. The molecule has 0 N–H and O–H groups in total. The average molecular weight is 312 g/mol. The van der Waals surface area contributed by atoms with Crippen LogP contribution in [0.15, 0.2) is 42.0 Å². The van der Waals surface area contributed by atoms with Gasteiger partial charge < -0.3 is 4.74 Å². The van der Waals surface area contributed by atoms with Crippen LogP contribution in [0.5, 0.6) is 0 Å². The molecular formula is C22H32O. The van der Waals surface area contributed by atoms with E-state index >= 15 is 0 Å². The predicted molar refractivity (Wildman–Crippen MR) is 97.5 cm³/mol. The van der Waals surface area contributed by atoms with E-state index in [2.05, 4.69) is 64.1 Å². The van der Waals surface area contributed by atoms with Crippen molar-refractivity contribution in [2.24, 2.45) is 11.3 Å². The van der Waals surface area contributed by atoms with E-state index in [1.165, 1.54) is 31.2 Å². The highest BCUT2D eigenvalue weighted by Gasteiger charge is 2.60. The van der Waals surface area contributed by atoms with Crippen molar-refractivity contribution in [1.29, 1.82) is 0 Å². The van der Waals surface area contributed by atoms with Crippen molar-refractivity contribution < 1.29 is 4.74 Å². The van der Waals surface area contributed by atoms with E-state index in [-0.39, 0.29) is 5.60 Å². The Balaban J connectivity index is 1.51. The molecule has 126 valence electrons. The third-order valence-electron chi connectivity index (χ3n) is 6.38. The minimum atomic E-state index is 0.137. The highest BCUT2D eigenvalue weighted by Crippen LogP contribution is 2.59. The molecule has 2 aliphatic rings. The molecular weight excluding hydrogens is 280 g/mol. The van der Waals surface area contributed by atoms with Gasteiger partial charge in [-0.2, -0.15) is 0 Å². The maximum Gasteiger partial charge on any atom is 0.0693 e. The second-order valence-corrected chi connectivity index (χ2v) is 8.45. The molecule has 23 heavy (non-hydrogen) atoms. The number of fused-ring (bicyclic) bond motifs is 2. The summed E-state index contributed by atoms with van der Waals surface area (Å²) in [5.74, 6) is 0.700. The van der Waals surface area contributed by atoms with Gasteiger partial charge in [0, 0.05) is 0 Å². The Morgan fingerprint density at radius 1 is 1.22 bits per heavy atom. The number of aryl methyl sites for hydroxylation is 1. The van der Waals surface area contributed by atoms with Crippen LogP contribution in [0.25, 0.3) is 0 Å². The Labute approximate surface area is 142 Å². The molecule has 1 heteroatoms. The third kappa shape index (κ3) is 3.40. The Hall–Kier alpha value is -1.08. The van der Waals surface area contributed by atoms with Crippen LogP contribution in [0.1, 0.15) is 65.4 Å². The van der Waals surface area contributed by atoms with Gasteiger partial charge in [-0.25, -0.2) is 0 Å². The number of ether oxygens (including phenoxy) is 1. The van der Waals surface area contributed by atoms with Crippen LogP contribution in [-0.2, 0) is 11.2 Å². The van der Waals surface area contributed by atoms with Crippen LogP contribution in [0, 0.1) is 11.3 Å². The summed E-state index contributed by atoms with van der Waals surface area (Å²) in [4.78, 5) is 0. The Morgan fingerprint density at radius 3 is 2.61 bits per heavy atom. The molecule has 0 amide bonds. The number of benzene rings is 1. The molecule has 1 aromatic rings. The first-order valence-electron chi connectivity index (χ1n) is 9.29. The molecule has 0 aliphatic carbocycles. The van der Waals surface area contributed by atoms with Gasteiger partial charge in [-0.05, 0) is 69.3 Å². The zero-order chi connectivity index (χ0) is 16.5. The van der Waals surface area contributed by atoms with Crippen molar-refractivity contribution in [2.75, 3.05) is 0 Å². The summed E-state index contributed by atoms with van der Waals surface area (Å²) in [5.41, 5.74) is 3.46. The van der Waals surface area contributed by atoms with Crippen LogP contribution < -0.4 is 0 Å². The SMILES string of the molecule is C/C(=C\CCc1ccccc1)CC[C@@H]1C(C)(C)[C@H]2CC[C@]1(C)O2. The molecule has 3 atom stereocenters. The molecule has 0 aromatic heterocycles. The van der Waals surface area contributed by atoms with Gasteiger partial charge >= 0.3 is 0 Å². The zero-order valence-electron chi connectivity index (χ0n) is 15.3. The summed E-state index contributed by atoms with van der Waals surface area (Å²) in [5, 5.41) is 0. The Kier molecular flexibility index (Phi) is 4.69. The molecule has 1 nitrogen and oxygen atoms in total. The smallest absolute Gasteiger partial charge is 0.0693 e. The minimum Gasteiger partial charge on any atom is -0.371 e. The van der Waals surface area contributed by atoms with E-state index in [0.29, 0.717) is 17.4 Å². The highest BCUT2D eigenvalue weighted by atomic mass is 16.5. The molecule has 3 rings (SSSR count). The highest BCUT2D eigenvalue weighted by molar-refractivity contribution is 5.16. The van der Waals surface area contributed by atoms with Gasteiger partial charge in [0.2, 0.25) is 0 Å². The van der Waals surface area contributed by atoms with E-state index < -0.39 is 0 Å². The quantitative estimate of drug-likeness (QED) is 0.591. The predicted octanol–water partition coefficient (Wildman–Crippen LogP) is 5.94. The largest absolute Gasteiger partial charge is 0.371 e. The second-order valence-electron chi connectivity index (χ2n) is 8.45. The number of hydrogen-bond acceptors (Lipinski definition) is 1. The van der Waals surface area contributed by atoms with E-state index in [1.54, 1.807) is 5.57 Å². The van der Waals surface area contributed by atoms with Crippen molar-refractivity contribution in [2.45, 2.75) is 77.9 Å². The molecule has 0 unspecified atom stereocenters. The Bertz CT molecular complexity index is 552. The van der Waals surface area contributed by atoms with Crippen LogP contribution in [0.2, 0.25) is 0 Å². The third-order valence-corrected chi connectivity index (χ3v) is 6.38. The van der Waals surface area contributed by atoms with E-state index in [0.717, 1.165) is 12.8 Å². The average Bonchev–Trinajstić information content (AvgIpc) is 2.99. The van der Waals surface area contributed by atoms with Crippen LogP contribution >= 0.6 is 0 Å². The van der Waals surface area contributed by atoms with Crippen molar-refractivity contribution in [1.82, 2.24) is 0 Å². The lowest BCUT2D eigenvalue weighted by molar-refractivity contribution is 0.00470. The van der Waals surface area contributed by atoms with Gasteiger partial charge in [-0.15, -0.1) is 0 Å². The fourth-order valence-corrected chi connectivity index (χ4v) is 4.93.